The van der Waals surface area contributed by atoms with Gasteiger partial charge in [0.2, 0.25) is 0 Å². The topological polar surface area (TPSA) is 289 Å². The molecule has 0 heterocycles. The van der Waals surface area contributed by atoms with Crippen molar-refractivity contribution in [2.45, 2.75) is 0 Å². The third kappa shape index (κ3) is 11.6. The van der Waals surface area contributed by atoms with Crippen molar-refractivity contribution < 1.29 is 85.2 Å². The lowest BCUT2D eigenvalue weighted by atomic mass is 10.3. The molecule has 0 saturated carbocycles. The Hall–Kier alpha value is 0.350. The number of rotatable bonds is 12. The molecule has 0 aromatic carbocycles. The molecule has 0 aliphatic carbocycles. The fraction of sp³-hybridized carbons (Fsp3) is 0. The predicted molar refractivity (Wildman–Crippen MR) is 72.3 cm³/mol. The summed E-state index contributed by atoms with van der Waals surface area (Å²) in [6.07, 6.45) is 0. The molecule has 0 spiro atoms. The van der Waals surface area contributed by atoms with Crippen molar-refractivity contribution in [1.29, 1.82) is 0 Å². The molecule has 0 rings (SSSR count). The Morgan fingerprint density at radius 1 is 0.520 bits per heavy atom. The molecule has 0 bridgehead atoms. The van der Waals surface area contributed by atoms with Crippen LogP contribution in [0.4, 0.5) is 0 Å². The number of phosphoric acid groups is 3. The van der Waals surface area contributed by atoms with Crippen LogP contribution in [0.5, 0.6) is 0 Å². The van der Waals surface area contributed by atoms with Crippen molar-refractivity contribution in [2.75, 3.05) is 0 Å². The van der Waals surface area contributed by atoms with Gasteiger partial charge < -0.3 is 45.1 Å². The van der Waals surface area contributed by atoms with Crippen LogP contribution in [0.2, 0.25) is 0 Å². The van der Waals surface area contributed by atoms with E-state index in [1.54, 1.807) is 0 Å². The molecule has 144 valence electrons. The Morgan fingerprint density at radius 3 is 1.16 bits per heavy atom. The molecule has 25 heteroatoms. The number of hydrogen-bond acceptors (Lipinski definition) is 17. The lowest BCUT2D eigenvalue weighted by Gasteiger charge is -2.24. The Labute approximate surface area is 139 Å². The molecule has 0 aromatic heterocycles. The zero-order valence-electron chi connectivity index (χ0n) is 11.4. The lowest BCUT2D eigenvalue weighted by Crippen LogP contribution is -2.24. The van der Waals surface area contributed by atoms with Gasteiger partial charge in [-0.2, -0.15) is 8.62 Å². The van der Waals surface area contributed by atoms with Gasteiger partial charge in [-0.1, -0.05) is 0 Å². The van der Waals surface area contributed by atoms with E-state index in [0.29, 0.717) is 0 Å². The molecular weight excluding hydrogens is 424 g/mol. The van der Waals surface area contributed by atoms with Crippen LogP contribution >= 0.6 is 23.5 Å². The van der Waals surface area contributed by atoms with Crippen LogP contribution in [-0.2, 0) is 40.1 Å². The van der Waals surface area contributed by atoms with Gasteiger partial charge in [-0.15, -0.1) is 0 Å². The minimum Gasteiger partial charge on any atom is -0.401 e. The molecule has 2 unspecified atom stereocenters. The lowest BCUT2D eigenvalue weighted by molar-refractivity contribution is 0.163. The Balaban J connectivity index is 5.64. The molecule has 0 aliphatic rings. The summed E-state index contributed by atoms with van der Waals surface area (Å²) in [4.78, 5) is 9.02. The fourth-order valence-electron chi connectivity index (χ4n) is 0.850. The van der Waals surface area contributed by atoms with E-state index in [1.807, 2.05) is 0 Å². The maximum atomic E-state index is 12.0. The van der Waals surface area contributed by atoms with Gasteiger partial charge in [0.15, 0.2) is 0 Å². The molecule has 0 aliphatic heterocycles. The maximum Gasteiger partial charge on any atom is 0.642 e. The van der Waals surface area contributed by atoms with Gasteiger partial charge in [-0.25, -0.2) is 13.7 Å². The van der Waals surface area contributed by atoms with Crippen LogP contribution in [0.1, 0.15) is 0 Å². The van der Waals surface area contributed by atoms with Gasteiger partial charge in [-0.3, -0.25) is 17.8 Å². The van der Waals surface area contributed by atoms with E-state index in [4.69, 9.17) is 45.1 Å². The summed E-state index contributed by atoms with van der Waals surface area (Å²) in [6.45, 7) is 0. The maximum absolute atomic E-state index is 12.0. The highest BCUT2D eigenvalue weighted by molar-refractivity contribution is 7.68. The molecule has 0 aromatic rings. The zero-order valence-corrected chi connectivity index (χ0v) is 14.0. The van der Waals surface area contributed by atoms with E-state index in [1.165, 1.54) is 0 Å². The molecular formula is H9B4O18P3. The summed E-state index contributed by atoms with van der Waals surface area (Å²) in [5, 5.41) is 67.8. The van der Waals surface area contributed by atoms with Crippen molar-refractivity contribution >= 4 is 52.8 Å². The number of hydrogen-bond donors (Lipinski definition) is 9. The van der Waals surface area contributed by atoms with Crippen molar-refractivity contribution in [3.63, 3.8) is 0 Å². The Kier molecular flexibility index (Phi) is 10.2. The summed E-state index contributed by atoms with van der Waals surface area (Å²) >= 11 is 0. The second-order valence-corrected chi connectivity index (χ2v) is 8.13. The quantitative estimate of drug-likeness (QED) is 0.103. The highest BCUT2D eigenvalue weighted by Crippen LogP contribution is 2.71. The Morgan fingerprint density at radius 2 is 0.840 bits per heavy atom. The summed E-state index contributed by atoms with van der Waals surface area (Å²) in [6, 6.07) is 0. The second kappa shape index (κ2) is 10.0. The first-order chi connectivity index (χ1) is 11.1. The third-order valence-corrected chi connectivity index (χ3v) is 6.32. The van der Waals surface area contributed by atoms with Crippen molar-refractivity contribution in [3.8, 4) is 0 Å². The molecule has 0 amide bonds. The van der Waals surface area contributed by atoms with E-state index in [9.17, 15) is 13.7 Å². The summed E-state index contributed by atoms with van der Waals surface area (Å²) in [5.41, 5.74) is 0. The first kappa shape index (κ1) is 25.3. The van der Waals surface area contributed by atoms with Gasteiger partial charge in [0, 0.05) is 0 Å². The predicted octanol–water partition coefficient (Wildman–Crippen LogP) is -4.72. The van der Waals surface area contributed by atoms with E-state index in [0.717, 1.165) is 0 Å². The van der Waals surface area contributed by atoms with Gasteiger partial charge in [0.05, 0.1) is 0 Å². The fourth-order valence-corrected chi connectivity index (χ4v) is 4.98. The van der Waals surface area contributed by atoms with Gasteiger partial charge >= 0.3 is 52.8 Å². The van der Waals surface area contributed by atoms with Gasteiger partial charge in [0.25, 0.3) is 0 Å². The van der Waals surface area contributed by atoms with Crippen molar-refractivity contribution in [2.24, 2.45) is 0 Å². The normalized spacial score (nSPS) is 16.7. The van der Waals surface area contributed by atoms with Crippen LogP contribution in [0.15, 0.2) is 0 Å². The smallest absolute Gasteiger partial charge is 0.401 e. The van der Waals surface area contributed by atoms with E-state index in [-0.39, 0.29) is 0 Å². The SMILES string of the molecule is O=P(O)(OB(O)O)OP(=O)(OB(O)O)OP(=O)(OB(O)O)OB(O)O. The standard InChI is InChI=1S/B4H9O18P3/c5-1(6)17-23(13,14)21-25(16,20-4(11)12)22-24(15,18-2(7)8)19-3(9)10/h5-12H,(H,13,14). The van der Waals surface area contributed by atoms with Crippen molar-refractivity contribution in [1.82, 2.24) is 0 Å². The molecule has 18 nitrogen and oxygen atoms in total. The molecule has 9 N–H and O–H groups in total. The van der Waals surface area contributed by atoms with Crippen LogP contribution in [0, 0.1) is 0 Å². The van der Waals surface area contributed by atoms with E-state index in [2.05, 4.69) is 26.4 Å². The van der Waals surface area contributed by atoms with Gasteiger partial charge in [0.1, 0.15) is 0 Å². The first-order valence-corrected chi connectivity index (χ1v) is 9.63. The first-order valence-electron chi connectivity index (χ1n) is 5.22. The molecule has 0 radical (unpaired) electrons. The highest BCUT2D eigenvalue weighted by atomic mass is 31.3. The molecule has 2 atom stereocenters. The van der Waals surface area contributed by atoms with Crippen LogP contribution < -0.4 is 0 Å². The summed E-state index contributed by atoms with van der Waals surface area (Å²) < 4.78 is 56.7. The van der Waals surface area contributed by atoms with Crippen LogP contribution in [0.25, 0.3) is 0 Å². The largest absolute Gasteiger partial charge is 0.642 e. The Bertz CT molecular complexity index is 524. The molecule has 0 fully saturated rings. The minimum absolute atomic E-state index is 3.00. The van der Waals surface area contributed by atoms with E-state index < -0.39 is 52.8 Å². The average Bonchev–Trinajstić information content (AvgIpc) is 2.18. The van der Waals surface area contributed by atoms with Crippen LogP contribution in [-0.4, -0.2) is 74.4 Å². The summed E-state index contributed by atoms with van der Waals surface area (Å²) in [5.74, 6) is 0. The van der Waals surface area contributed by atoms with Gasteiger partial charge in [-0.05, 0) is 0 Å². The van der Waals surface area contributed by atoms with Crippen LogP contribution in [0.3, 0.4) is 0 Å². The zero-order chi connectivity index (χ0) is 20.1. The van der Waals surface area contributed by atoms with E-state index >= 15 is 0 Å². The monoisotopic (exact) mass is 434 g/mol. The minimum atomic E-state index is -6.01. The van der Waals surface area contributed by atoms with Crippen molar-refractivity contribution in [3.05, 3.63) is 0 Å². The highest BCUT2D eigenvalue weighted by Gasteiger charge is 2.51. The molecule has 0 saturated heterocycles. The molecule has 25 heavy (non-hydrogen) atoms. The third-order valence-electron chi connectivity index (χ3n) is 1.30. The summed E-state index contributed by atoms with van der Waals surface area (Å²) in [7, 11) is -29.8. The second-order valence-electron chi connectivity index (χ2n) is 3.25. The average molecular weight is 433 g/mol.